The molecule has 3 heterocycles. The normalized spacial score (nSPS) is 17.4. The fourth-order valence-corrected chi connectivity index (χ4v) is 4.95. The van der Waals surface area contributed by atoms with Crippen molar-refractivity contribution in [2.75, 3.05) is 13.1 Å². The number of halogens is 1. The Morgan fingerprint density at radius 1 is 1.17 bits per heavy atom. The highest BCUT2D eigenvalue weighted by Gasteiger charge is 2.24. The van der Waals surface area contributed by atoms with E-state index in [2.05, 4.69) is 56.0 Å². The Kier molecular flexibility index (Phi) is 5.19. The van der Waals surface area contributed by atoms with Gasteiger partial charge in [0.25, 0.3) is 5.56 Å². The van der Waals surface area contributed by atoms with Crippen molar-refractivity contribution in [1.29, 1.82) is 0 Å². The molecule has 1 saturated heterocycles. The van der Waals surface area contributed by atoms with E-state index < -0.39 is 5.82 Å². The molecule has 1 N–H and O–H groups in total. The second-order valence-electron chi connectivity index (χ2n) is 7.90. The van der Waals surface area contributed by atoms with Crippen molar-refractivity contribution >= 4 is 22.2 Å². The minimum Gasteiger partial charge on any atom is -0.310 e. The molecule has 1 atom stereocenters. The van der Waals surface area contributed by atoms with Crippen LogP contribution in [0.1, 0.15) is 30.1 Å². The van der Waals surface area contributed by atoms with E-state index in [-0.39, 0.29) is 11.5 Å². The first-order chi connectivity index (χ1) is 14.7. The molecule has 152 valence electrons. The first-order valence-electron chi connectivity index (χ1n) is 10.2. The van der Waals surface area contributed by atoms with Gasteiger partial charge in [0.15, 0.2) is 0 Å². The molecule has 0 bridgehead atoms. The van der Waals surface area contributed by atoms with Gasteiger partial charge in [-0.15, -0.1) is 0 Å². The van der Waals surface area contributed by atoms with Gasteiger partial charge in [-0.25, -0.2) is 9.37 Å². The Labute approximate surface area is 178 Å². The Morgan fingerprint density at radius 2 is 2.10 bits per heavy atom. The van der Waals surface area contributed by atoms with Gasteiger partial charge in [-0.05, 0) is 77.2 Å². The maximum absolute atomic E-state index is 13.5. The van der Waals surface area contributed by atoms with Crippen molar-refractivity contribution in [3.63, 3.8) is 0 Å². The van der Waals surface area contributed by atoms with Crippen LogP contribution in [-0.4, -0.2) is 28.0 Å². The van der Waals surface area contributed by atoms with E-state index in [0.29, 0.717) is 16.7 Å². The molecule has 2 aromatic carbocycles. The number of hydrogen-bond donors (Lipinski definition) is 1. The van der Waals surface area contributed by atoms with Crippen molar-refractivity contribution < 1.29 is 4.39 Å². The number of piperidine rings is 1. The number of nitrogens with one attached hydrogen (secondary N) is 1. The van der Waals surface area contributed by atoms with Crippen LogP contribution < -0.4 is 5.56 Å². The lowest BCUT2D eigenvalue weighted by Gasteiger charge is -2.32. The number of aromatic nitrogens is 2. The lowest BCUT2D eigenvalue weighted by molar-refractivity contribution is 0.196. The highest BCUT2D eigenvalue weighted by atomic mass is 32.1. The lowest BCUT2D eigenvalue weighted by atomic mass is 9.96. The van der Waals surface area contributed by atoms with Crippen molar-refractivity contribution in [2.24, 2.45) is 0 Å². The van der Waals surface area contributed by atoms with Crippen molar-refractivity contribution in [2.45, 2.75) is 25.3 Å². The number of fused-ring (bicyclic) bond motifs is 1. The fourth-order valence-electron chi connectivity index (χ4n) is 4.28. The molecule has 1 aliphatic heterocycles. The highest BCUT2D eigenvalue weighted by Crippen LogP contribution is 2.27. The summed E-state index contributed by atoms with van der Waals surface area (Å²) in [5, 5.41) is 4.57. The molecule has 6 heteroatoms. The van der Waals surface area contributed by atoms with Crippen LogP contribution in [0, 0.1) is 5.82 Å². The van der Waals surface area contributed by atoms with E-state index in [0.717, 1.165) is 32.5 Å². The van der Waals surface area contributed by atoms with E-state index in [4.69, 9.17) is 0 Å². The van der Waals surface area contributed by atoms with Crippen molar-refractivity contribution in [1.82, 2.24) is 14.9 Å². The monoisotopic (exact) mass is 419 g/mol. The fraction of sp³-hybridized carbons (Fsp3) is 0.250. The molecular formula is C24H22FN3OS. The van der Waals surface area contributed by atoms with Gasteiger partial charge in [-0.1, -0.05) is 18.2 Å². The Bertz CT molecular complexity index is 1230. The van der Waals surface area contributed by atoms with Crippen LogP contribution in [0.5, 0.6) is 0 Å². The molecule has 0 spiro atoms. The number of nitrogens with zero attached hydrogens (tertiary/aromatic N) is 2. The predicted octanol–water partition coefficient (Wildman–Crippen LogP) is 5.17. The summed E-state index contributed by atoms with van der Waals surface area (Å²) in [6.07, 6.45) is 2.04. The third-order valence-corrected chi connectivity index (χ3v) is 6.45. The number of thiophene rings is 1. The van der Waals surface area contributed by atoms with E-state index in [1.165, 1.54) is 28.8 Å². The van der Waals surface area contributed by atoms with E-state index in [1.54, 1.807) is 17.4 Å². The summed E-state index contributed by atoms with van der Waals surface area (Å²) in [6.45, 7) is 2.75. The van der Waals surface area contributed by atoms with E-state index in [1.807, 2.05) is 0 Å². The predicted molar refractivity (Wildman–Crippen MR) is 119 cm³/mol. The van der Waals surface area contributed by atoms with Crippen LogP contribution in [0.3, 0.4) is 0 Å². The average molecular weight is 420 g/mol. The number of aromatic amines is 1. The van der Waals surface area contributed by atoms with Gasteiger partial charge >= 0.3 is 0 Å². The molecule has 4 nitrogen and oxygen atoms in total. The largest absolute Gasteiger partial charge is 0.310 e. The molecule has 0 aliphatic carbocycles. The zero-order valence-corrected chi connectivity index (χ0v) is 17.3. The number of hydrogen-bond acceptors (Lipinski definition) is 4. The van der Waals surface area contributed by atoms with Gasteiger partial charge in [0, 0.05) is 19.0 Å². The van der Waals surface area contributed by atoms with E-state index in [9.17, 15) is 9.18 Å². The SMILES string of the molecule is O=c1[nH]c(C2CCCN(Cc3cccc(-c4ccsc4)c3)C2)nc2ccc(F)cc12. The summed E-state index contributed by atoms with van der Waals surface area (Å²) < 4.78 is 13.5. The van der Waals surface area contributed by atoms with Crippen LogP contribution in [0.15, 0.2) is 64.1 Å². The van der Waals surface area contributed by atoms with Gasteiger partial charge < -0.3 is 4.98 Å². The summed E-state index contributed by atoms with van der Waals surface area (Å²) in [5.74, 6) is 0.452. The number of H-pyrrole nitrogens is 1. The molecule has 4 aromatic rings. The lowest BCUT2D eigenvalue weighted by Crippen LogP contribution is -2.35. The second-order valence-corrected chi connectivity index (χ2v) is 8.68. The van der Waals surface area contributed by atoms with Gasteiger partial charge in [0.1, 0.15) is 11.6 Å². The summed E-state index contributed by atoms with van der Waals surface area (Å²) in [7, 11) is 0. The Morgan fingerprint density at radius 3 is 2.97 bits per heavy atom. The number of rotatable bonds is 4. The molecule has 0 saturated carbocycles. The topological polar surface area (TPSA) is 49.0 Å². The third kappa shape index (κ3) is 3.93. The van der Waals surface area contributed by atoms with Crippen LogP contribution >= 0.6 is 11.3 Å². The standard InChI is InChI=1S/C24H22FN3OS/c25-20-6-7-22-21(12-20)24(29)27-23(26-22)18-5-2-9-28(14-18)13-16-3-1-4-17(11-16)19-8-10-30-15-19/h1,3-4,6-8,10-12,15,18H,2,5,9,13-14H2,(H,26,27,29). The molecule has 5 rings (SSSR count). The minimum atomic E-state index is -0.420. The molecule has 1 aliphatic rings. The van der Waals surface area contributed by atoms with Crippen LogP contribution in [0.2, 0.25) is 0 Å². The molecular weight excluding hydrogens is 397 g/mol. The molecule has 30 heavy (non-hydrogen) atoms. The summed E-state index contributed by atoms with van der Waals surface area (Å²) in [5.41, 5.74) is 4.07. The molecule has 0 amide bonds. The number of likely N-dealkylation sites (tertiary alicyclic amines) is 1. The second kappa shape index (κ2) is 8.13. The molecule has 2 aromatic heterocycles. The smallest absolute Gasteiger partial charge is 0.258 e. The summed E-state index contributed by atoms with van der Waals surface area (Å²) in [6, 6.07) is 15.0. The van der Waals surface area contributed by atoms with Crippen molar-refractivity contribution in [3.8, 4) is 11.1 Å². The maximum atomic E-state index is 13.5. The first kappa shape index (κ1) is 19.2. The quantitative estimate of drug-likeness (QED) is 0.496. The van der Waals surface area contributed by atoms with Gasteiger partial charge in [0.05, 0.1) is 10.9 Å². The Hall–Kier alpha value is -2.83. The van der Waals surface area contributed by atoms with Gasteiger partial charge in [0.2, 0.25) is 0 Å². The molecule has 1 fully saturated rings. The van der Waals surface area contributed by atoms with E-state index >= 15 is 0 Å². The minimum absolute atomic E-state index is 0.168. The zero-order valence-electron chi connectivity index (χ0n) is 16.5. The maximum Gasteiger partial charge on any atom is 0.258 e. The van der Waals surface area contributed by atoms with Crippen LogP contribution in [-0.2, 0) is 6.54 Å². The molecule has 0 radical (unpaired) electrons. The van der Waals surface area contributed by atoms with Crippen molar-refractivity contribution in [3.05, 3.63) is 86.8 Å². The average Bonchev–Trinajstić information content (AvgIpc) is 3.30. The van der Waals surface area contributed by atoms with Crippen LogP contribution in [0.4, 0.5) is 4.39 Å². The van der Waals surface area contributed by atoms with Crippen LogP contribution in [0.25, 0.3) is 22.0 Å². The zero-order chi connectivity index (χ0) is 20.5. The summed E-state index contributed by atoms with van der Waals surface area (Å²) >= 11 is 1.71. The van der Waals surface area contributed by atoms with Gasteiger partial charge in [-0.2, -0.15) is 11.3 Å². The number of benzene rings is 2. The summed E-state index contributed by atoms with van der Waals surface area (Å²) in [4.78, 5) is 22.4. The highest BCUT2D eigenvalue weighted by molar-refractivity contribution is 7.08. The first-order valence-corrected chi connectivity index (χ1v) is 11.1. The Balaban J connectivity index is 1.35. The van der Waals surface area contributed by atoms with Gasteiger partial charge in [-0.3, -0.25) is 9.69 Å². The molecule has 1 unspecified atom stereocenters. The third-order valence-electron chi connectivity index (χ3n) is 5.77.